The Hall–Kier alpha value is -0.890. The third-order valence-corrected chi connectivity index (χ3v) is 3.03. The summed E-state index contributed by atoms with van der Waals surface area (Å²) >= 11 is 5.79. The van der Waals surface area contributed by atoms with E-state index in [-0.39, 0.29) is 24.1 Å². The highest BCUT2D eigenvalue weighted by Crippen LogP contribution is 2.21. The Morgan fingerprint density at radius 1 is 1.35 bits per heavy atom. The van der Waals surface area contributed by atoms with Crippen molar-refractivity contribution in [1.29, 1.82) is 0 Å². The monoisotopic (exact) mass is 314 g/mol. The molecule has 3 nitrogen and oxygen atoms in total. The number of hydrogen-bond donors (Lipinski definition) is 2. The Labute approximate surface area is 119 Å². The summed E-state index contributed by atoms with van der Waals surface area (Å²) in [5.74, 6) is 4.76. The third-order valence-electron chi connectivity index (χ3n) is 2.61. The molecule has 20 heavy (non-hydrogen) atoms. The first kappa shape index (κ1) is 17.2. The van der Waals surface area contributed by atoms with Crippen LogP contribution in [0, 0.1) is 5.82 Å². The summed E-state index contributed by atoms with van der Waals surface area (Å²) in [6, 6.07) is 4.00. The number of benzene rings is 1. The number of hydrogen-bond acceptors (Lipinski definition) is 3. The number of nitrogens with one attached hydrogen (secondary N) is 1. The highest BCUT2D eigenvalue weighted by atomic mass is 35.5. The Morgan fingerprint density at radius 3 is 2.65 bits per heavy atom. The van der Waals surface area contributed by atoms with E-state index in [1.807, 2.05) is 0 Å². The van der Waals surface area contributed by atoms with Crippen LogP contribution in [0.5, 0.6) is 0 Å². The Morgan fingerprint density at radius 2 is 2.05 bits per heavy atom. The number of rotatable bonds is 7. The quantitative estimate of drug-likeness (QED) is 0.352. The van der Waals surface area contributed by atoms with E-state index >= 15 is 0 Å². The van der Waals surface area contributed by atoms with Crippen LogP contribution in [0.15, 0.2) is 18.2 Å². The molecule has 0 fully saturated rings. The van der Waals surface area contributed by atoms with Crippen molar-refractivity contribution in [3.05, 3.63) is 34.6 Å². The molecule has 8 heteroatoms. The predicted molar refractivity (Wildman–Crippen MR) is 67.7 cm³/mol. The lowest BCUT2D eigenvalue weighted by molar-refractivity contribution is -0.174. The highest BCUT2D eigenvalue weighted by molar-refractivity contribution is 6.31. The molecule has 1 aromatic rings. The van der Waals surface area contributed by atoms with Crippen molar-refractivity contribution < 1.29 is 22.3 Å². The maximum atomic E-state index is 13.2. The van der Waals surface area contributed by atoms with Crippen LogP contribution in [0.25, 0.3) is 0 Å². The standard InChI is InChI=1S/C12H15ClF4N2O/c13-11-8(2-1-3-10(11)14)6-9(19-18)4-5-20-7-12(15,16)17/h1-3,9,19H,4-7,18H2. The maximum Gasteiger partial charge on any atom is 0.411 e. The zero-order chi connectivity index (χ0) is 15.2. The van der Waals surface area contributed by atoms with E-state index in [0.29, 0.717) is 12.0 Å². The smallest absolute Gasteiger partial charge is 0.372 e. The van der Waals surface area contributed by atoms with Crippen LogP contribution in [-0.2, 0) is 11.2 Å². The average Bonchev–Trinajstić information content (AvgIpc) is 2.37. The molecule has 3 N–H and O–H groups in total. The predicted octanol–water partition coefficient (Wildman–Crippen LogP) is 2.82. The second-order valence-corrected chi connectivity index (χ2v) is 4.62. The average molecular weight is 315 g/mol. The molecule has 1 atom stereocenters. The van der Waals surface area contributed by atoms with Crippen LogP contribution in [-0.4, -0.2) is 25.4 Å². The van der Waals surface area contributed by atoms with Gasteiger partial charge < -0.3 is 4.74 Å². The van der Waals surface area contributed by atoms with Gasteiger partial charge in [0.2, 0.25) is 0 Å². The second-order valence-electron chi connectivity index (χ2n) is 4.24. The van der Waals surface area contributed by atoms with Crippen molar-refractivity contribution in [3.63, 3.8) is 0 Å². The molecule has 0 spiro atoms. The fraction of sp³-hybridized carbons (Fsp3) is 0.500. The van der Waals surface area contributed by atoms with Crippen LogP contribution in [0.4, 0.5) is 17.6 Å². The minimum Gasteiger partial charge on any atom is -0.372 e. The van der Waals surface area contributed by atoms with Gasteiger partial charge in [-0.2, -0.15) is 13.2 Å². The van der Waals surface area contributed by atoms with Crippen LogP contribution >= 0.6 is 11.6 Å². The van der Waals surface area contributed by atoms with Crippen LogP contribution < -0.4 is 11.3 Å². The zero-order valence-electron chi connectivity index (χ0n) is 10.5. The van der Waals surface area contributed by atoms with Crippen LogP contribution in [0.1, 0.15) is 12.0 Å². The van der Waals surface area contributed by atoms with E-state index < -0.39 is 18.6 Å². The molecule has 0 aliphatic carbocycles. The zero-order valence-corrected chi connectivity index (χ0v) is 11.3. The van der Waals surface area contributed by atoms with Gasteiger partial charge in [-0.3, -0.25) is 11.3 Å². The molecule has 0 heterocycles. The lowest BCUT2D eigenvalue weighted by Crippen LogP contribution is -2.38. The van der Waals surface area contributed by atoms with Gasteiger partial charge in [-0.1, -0.05) is 23.7 Å². The number of ether oxygens (including phenoxy) is 1. The van der Waals surface area contributed by atoms with Crippen molar-refractivity contribution in [2.45, 2.75) is 25.1 Å². The van der Waals surface area contributed by atoms with E-state index in [4.69, 9.17) is 17.4 Å². The summed E-state index contributed by atoms with van der Waals surface area (Å²) in [6.07, 6.45) is -3.81. The molecule has 1 aromatic carbocycles. The van der Waals surface area contributed by atoms with E-state index in [0.717, 1.165) is 0 Å². The normalized spacial score (nSPS) is 13.5. The Bertz CT molecular complexity index is 428. The molecule has 0 aliphatic rings. The van der Waals surface area contributed by atoms with Gasteiger partial charge in [0.05, 0.1) is 5.02 Å². The molecular formula is C12H15ClF4N2O. The first-order valence-corrected chi connectivity index (χ1v) is 6.25. The van der Waals surface area contributed by atoms with E-state index in [2.05, 4.69) is 10.2 Å². The van der Waals surface area contributed by atoms with Crippen LogP contribution in [0.3, 0.4) is 0 Å². The molecule has 0 aromatic heterocycles. The fourth-order valence-corrected chi connectivity index (χ4v) is 1.83. The summed E-state index contributed by atoms with van der Waals surface area (Å²) in [7, 11) is 0. The van der Waals surface area contributed by atoms with Crippen molar-refractivity contribution >= 4 is 11.6 Å². The van der Waals surface area contributed by atoms with Crippen molar-refractivity contribution in [2.24, 2.45) is 5.84 Å². The van der Waals surface area contributed by atoms with E-state index in [9.17, 15) is 17.6 Å². The molecule has 0 bridgehead atoms. The number of alkyl halides is 3. The minimum absolute atomic E-state index is 0.0102. The van der Waals surface area contributed by atoms with Gasteiger partial charge in [-0.25, -0.2) is 4.39 Å². The number of halogens is 5. The van der Waals surface area contributed by atoms with Crippen molar-refractivity contribution in [1.82, 2.24) is 5.43 Å². The topological polar surface area (TPSA) is 47.3 Å². The van der Waals surface area contributed by atoms with Gasteiger partial charge in [0.15, 0.2) is 0 Å². The number of hydrazine groups is 1. The summed E-state index contributed by atoms with van der Waals surface area (Å²) in [5.41, 5.74) is 2.99. The first-order chi connectivity index (χ1) is 9.33. The lowest BCUT2D eigenvalue weighted by atomic mass is 10.0. The van der Waals surface area contributed by atoms with Gasteiger partial charge in [0.25, 0.3) is 0 Å². The Kier molecular flexibility index (Phi) is 6.67. The van der Waals surface area contributed by atoms with Gasteiger partial charge in [-0.05, 0) is 24.5 Å². The molecule has 0 saturated heterocycles. The first-order valence-electron chi connectivity index (χ1n) is 5.87. The molecule has 114 valence electrons. The molecule has 0 amide bonds. The van der Waals surface area contributed by atoms with Crippen molar-refractivity contribution in [3.8, 4) is 0 Å². The summed E-state index contributed by atoms with van der Waals surface area (Å²) in [6.45, 7) is -1.41. The molecule has 0 saturated carbocycles. The molecular weight excluding hydrogens is 300 g/mol. The van der Waals surface area contributed by atoms with E-state index in [1.165, 1.54) is 12.1 Å². The van der Waals surface area contributed by atoms with Crippen molar-refractivity contribution in [2.75, 3.05) is 13.2 Å². The Balaban J connectivity index is 2.45. The largest absolute Gasteiger partial charge is 0.411 e. The molecule has 1 rings (SSSR count). The minimum atomic E-state index is -4.35. The van der Waals surface area contributed by atoms with Gasteiger partial charge in [0, 0.05) is 12.6 Å². The SMILES string of the molecule is NNC(CCOCC(F)(F)F)Cc1cccc(F)c1Cl. The number of nitrogens with two attached hydrogens (primary N) is 1. The van der Waals surface area contributed by atoms with E-state index in [1.54, 1.807) is 6.07 Å². The van der Waals surface area contributed by atoms with Gasteiger partial charge in [-0.15, -0.1) is 0 Å². The highest BCUT2D eigenvalue weighted by Gasteiger charge is 2.27. The van der Waals surface area contributed by atoms with Gasteiger partial charge in [0.1, 0.15) is 12.4 Å². The molecule has 1 unspecified atom stereocenters. The van der Waals surface area contributed by atoms with Crippen LogP contribution in [0.2, 0.25) is 5.02 Å². The lowest BCUT2D eigenvalue weighted by Gasteiger charge is -2.17. The molecule has 0 aliphatic heterocycles. The van der Waals surface area contributed by atoms with Gasteiger partial charge >= 0.3 is 6.18 Å². The summed E-state index contributed by atoms with van der Waals surface area (Å²) in [4.78, 5) is 0. The third kappa shape index (κ3) is 6.04. The summed E-state index contributed by atoms with van der Waals surface area (Å²) < 4.78 is 53.4. The second kappa shape index (κ2) is 7.78. The molecule has 0 radical (unpaired) electrons. The maximum absolute atomic E-state index is 13.2. The summed E-state index contributed by atoms with van der Waals surface area (Å²) in [5, 5.41) is -0.0102. The fourth-order valence-electron chi connectivity index (χ4n) is 1.63.